The van der Waals surface area contributed by atoms with Crippen LogP contribution >= 0.6 is 22.6 Å². The maximum atomic E-state index is 12.9. The van der Waals surface area contributed by atoms with Crippen molar-refractivity contribution in [2.24, 2.45) is 13.0 Å². The fourth-order valence-electron chi connectivity index (χ4n) is 3.85. The van der Waals surface area contributed by atoms with Gasteiger partial charge in [0, 0.05) is 29.3 Å². The average molecular weight is 592 g/mol. The zero-order chi connectivity index (χ0) is 24.9. The van der Waals surface area contributed by atoms with Gasteiger partial charge in [0.15, 0.2) is 5.69 Å². The summed E-state index contributed by atoms with van der Waals surface area (Å²) in [5.41, 5.74) is -0.291. The Labute approximate surface area is 214 Å². The molecule has 0 atom stereocenters. The molecular weight excluding hydrogens is 567 g/mol. The number of nitrogens with zero attached hydrogens (tertiary/aromatic N) is 5. The van der Waals surface area contributed by atoms with E-state index in [0.717, 1.165) is 30.3 Å². The van der Waals surface area contributed by atoms with E-state index >= 15 is 0 Å². The van der Waals surface area contributed by atoms with Crippen molar-refractivity contribution >= 4 is 40.2 Å². The number of carbonyl (C=O) groups excluding carboxylic acids is 1. The Balaban J connectivity index is 1.49. The van der Waals surface area contributed by atoms with E-state index in [2.05, 4.69) is 47.8 Å². The first kappa shape index (κ1) is 24.8. The van der Waals surface area contributed by atoms with Gasteiger partial charge in [0.05, 0.1) is 7.11 Å². The van der Waals surface area contributed by atoms with Crippen LogP contribution in [0.25, 0.3) is 0 Å². The van der Waals surface area contributed by atoms with Crippen molar-refractivity contribution in [3.8, 4) is 11.6 Å². The van der Waals surface area contributed by atoms with Gasteiger partial charge in [0.1, 0.15) is 5.75 Å². The molecule has 0 radical (unpaired) electrons. The van der Waals surface area contributed by atoms with Crippen molar-refractivity contribution in [1.29, 1.82) is 0 Å². The summed E-state index contributed by atoms with van der Waals surface area (Å²) in [7, 11) is 2.70. The molecule has 0 amide bonds. The minimum atomic E-state index is -0.612. The van der Waals surface area contributed by atoms with Crippen molar-refractivity contribution in [1.82, 2.24) is 24.3 Å². The summed E-state index contributed by atoms with van der Waals surface area (Å²) in [5.74, 6) is 0.691. The van der Waals surface area contributed by atoms with Gasteiger partial charge in [-0.1, -0.05) is 22.6 Å². The second-order valence-electron chi connectivity index (χ2n) is 8.29. The number of rotatable bonds is 7. The van der Waals surface area contributed by atoms with Crippen LogP contribution < -0.4 is 21.4 Å². The maximum absolute atomic E-state index is 12.9. The highest BCUT2D eigenvalue weighted by molar-refractivity contribution is 14.1. The fraction of sp³-hybridized carbons (Fsp3) is 0.391. The molecule has 1 aliphatic carbocycles. The molecule has 1 aromatic carbocycles. The molecule has 11 nitrogen and oxygen atoms in total. The molecule has 0 bridgehead atoms. The first-order valence-corrected chi connectivity index (χ1v) is 12.4. The summed E-state index contributed by atoms with van der Waals surface area (Å²) in [6, 6.07) is 9.84. The minimum absolute atomic E-state index is 0.0780. The maximum Gasteiger partial charge on any atom is 0.358 e. The average Bonchev–Trinajstić information content (AvgIpc) is 2.87. The summed E-state index contributed by atoms with van der Waals surface area (Å²) in [5, 5.41) is 10.7. The minimum Gasteiger partial charge on any atom is -0.464 e. The standard InChI is InChI=1S/C23H25IN6O5/c1-29-22(32)26-21(30(23(29)33)13-14-3-5-15(24)6-4-14)25-16-7-9-17(10-8-16)35-19-12-11-18(27-28-19)20(31)34-2/h7-12,14-15H,3-6,13H2,1-2H3,(H,25,26,32). The molecule has 2 heterocycles. The number of aromatic nitrogens is 5. The molecule has 0 spiro atoms. The SMILES string of the molecule is COC(=O)c1ccc(Oc2ccc(Nc3nc(=O)n(C)c(=O)n3CC3CCC(I)CC3)cc2)nn1. The van der Waals surface area contributed by atoms with Crippen molar-refractivity contribution in [3.05, 3.63) is 63.1 Å². The number of hydrogen-bond acceptors (Lipinski definition) is 9. The highest BCUT2D eigenvalue weighted by Gasteiger charge is 2.22. The fourth-order valence-corrected chi connectivity index (χ4v) is 4.57. The second-order valence-corrected chi connectivity index (χ2v) is 10.0. The Morgan fingerprint density at radius 1 is 1.09 bits per heavy atom. The number of alkyl halides is 1. The monoisotopic (exact) mass is 592 g/mol. The quantitative estimate of drug-likeness (QED) is 0.250. The first-order valence-electron chi connectivity index (χ1n) is 11.1. The van der Waals surface area contributed by atoms with E-state index in [-0.39, 0.29) is 17.5 Å². The number of carbonyl (C=O) groups is 1. The molecule has 1 aliphatic rings. The molecule has 0 unspecified atom stereocenters. The summed E-state index contributed by atoms with van der Waals surface area (Å²) in [6.07, 6.45) is 4.33. The molecule has 1 saturated carbocycles. The van der Waals surface area contributed by atoms with Crippen LogP contribution in [-0.4, -0.2) is 41.3 Å². The predicted octanol–water partition coefficient (Wildman–Crippen LogP) is 3.05. The molecule has 184 valence electrons. The predicted molar refractivity (Wildman–Crippen MR) is 137 cm³/mol. The second kappa shape index (κ2) is 11.0. The highest BCUT2D eigenvalue weighted by Crippen LogP contribution is 2.30. The Hall–Kier alpha value is -3.29. The Bertz CT molecular complexity index is 1300. The molecule has 1 N–H and O–H groups in total. The Kier molecular flexibility index (Phi) is 7.78. The molecule has 0 aliphatic heterocycles. The van der Waals surface area contributed by atoms with E-state index in [0.29, 0.717) is 27.8 Å². The van der Waals surface area contributed by atoms with Crippen molar-refractivity contribution in [2.45, 2.75) is 36.2 Å². The molecule has 2 aromatic heterocycles. The third-order valence-corrected chi connectivity index (χ3v) is 7.09. The third-order valence-electron chi connectivity index (χ3n) is 5.85. The molecule has 4 rings (SSSR count). The first-order chi connectivity index (χ1) is 16.8. The van der Waals surface area contributed by atoms with Crippen LogP contribution in [-0.2, 0) is 18.3 Å². The Morgan fingerprint density at radius 2 is 1.80 bits per heavy atom. The summed E-state index contributed by atoms with van der Waals surface area (Å²) in [6.45, 7) is 0.507. The summed E-state index contributed by atoms with van der Waals surface area (Å²) < 4.78 is 13.5. The van der Waals surface area contributed by atoms with Crippen molar-refractivity contribution in [3.63, 3.8) is 0 Å². The van der Waals surface area contributed by atoms with E-state index in [9.17, 15) is 14.4 Å². The van der Waals surface area contributed by atoms with Crippen LogP contribution in [0, 0.1) is 5.92 Å². The largest absolute Gasteiger partial charge is 0.464 e. The topological polar surface area (TPSA) is 130 Å². The van der Waals surface area contributed by atoms with Gasteiger partial charge in [0.2, 0.25) is 11.8 Å². The zero-order valence-corrected chi connectivity index (χ0v) is 21.5. The smallest absolute Gasteiger partial charge is 0.358 e. The van der Waals surface area contributed by atoms with E-state index in [4.69, 9.17) is 4.74 Å². The molecule has 0 saturated heterocycles. The number of benzene rings is 1. The van der Waals surface area contributed by atoms with Crippen LogP contribution in [0.4, 0.5) is 11.6 Å². The highest BCUT2D eigenvalue weighted by atomic mass is 127. The lowest BCUT2D eigenvalue weighted by atomic mass is 9.89. The Morgan fingerprint density at radius 3 is 2.43 bits per heavy atom. The van der Waals surface area contributed by atoms with Crippen molar-refractivity contribution in [2.75, 3.05) is 12.4 Å². The lowest BCUT2D eigenvalue weighted by Gasteiger charge is -2.26. The summed E-state index contributed by atoms with van der Waals surface area (Å²) >= 11 is 2.48. The van der Waals surface area contributed by atoms with Gasteiger partial charge in [-0.25, -0.2) is 19.0 Å². The molecule has 12 heteroatoms. The molecule has 35 heavy (non-hydrogen) atoms. The molecule has 3 aromatic rings. The lowest BCUT2D eigenvalue weighted by Crippen LogP contribution is -2.42. The van der Waals surface area contributed by atoms with Gasteiger partial charge in [-0.3, -0.25) is 4.57 Å². The number of halogens is 1. The number of anilines is 2. The normalized spacial score (nSPS) is 17.6. The van der Waals surface area contributed by atoms with Gasteiger partial charge >= 0.3 is 17.3 Å². The lowest BCUT2D eigenvalue weighted by molar-refractivity contribution is 0.0592. The summed E-state index contributed by atoms with van der Waals surface area (Å²) in [4.78, 5) is 40.6. The van der Waals surface area contributed by atoms with Gasteiger partial charge in [-0.2, -0.15) is 4.98 Å². The van der Waals surface area contributed by atoms with E-state index in [1.807, 2.05) is 0 Å². The third kappa shape index (κ3) is 6.05. The number of nitrogens with one attached hydrogen (secondary N) is 1. The van der Waals surface area contributed by atoms with Crippen LogP contribution in [0.2, 0.25) is 0 Å². The van der Waals surface area contributed by atoms with E-state index in [1.165, 1.54) is 26.3 Å². The van der Waals surface area contributed by atoms with E-state index in [1.54, 1.807) is 28.8 Å². The van der Waals surface area contributed by atoms with Crippen molar-refractivity contribution < 1.29 is 14.3 Å². The van der Waals surface area contributed by atoms with Gasteiger partial charge < -0.3 is 14.8 Å². The van der Waals surface area contributed by atoms with E-state index < -0.39 is 17.3 Å². The van der Waals surface area contributed by atoms with Crippen LogP contribution in [0.1, 0.15) is 36.2 Å². The van der Waals surface area contributed by atoms with Crippen LogP contribution in [0.3, 0.4) is 0 Å². The van der Waals surface area contributed by atoms with Gasteiger partial charge in [-0.05, 0) is 61.9 Å². The van der Waals surface area contributed by atoms with Gasteiger partial charge in [0.25, 0.3) is 0 Å². The number of ether oxygens (including phenoxy) is 2. The number of esters is 1. The number of methoxy groups -OCH3 is 1. The van der Waals surface area contributed by atoms with Crippen LogP contribution in [0.5, 0.6) is 11.6 Å². The van der Waals surface area contributed by atoms with Crippen LogP contribution in [0.15, 0.2) is 46.0 Å². The number of hydrogen-bond donors (Lipinski definition) is 1. The zero-order valence-electron chi connectivity index (χ0n) is 19.3. The van der Waals surface area contributed by atoms with Gasteiger partial charge in [-0.15, -0.1) is 10.2 Å². The molecular formula is C23H25IN6O5. The molecule has 1 fully saturated rings.